The zero-order valence-electron chi connectivity index (χ0n) is 11.4. The Labute approximate surface area is 141 Å². The number of pyridine rings is 1. The second kappa shape index (κ2) is 10.0. The lowest BCUT2D eigenvalue weighted by atomic mass is 10.2. The molecule has 0 unspecified atom stereocenters. The summed E-state index contributed by atoms with van der Waals surface area (Å²) < 4.78 is 4.93. The summed E-state index contributed by atoms with van der Waals surface area (Å²) in [5.74, 6) is 0.255. The van der Waals surface area contributed by atoms with Crippen molar-refractivity contribution in [2.45, 2.75) is 0 Å². The van der Waals surface area contributed by atoms with E-state index in [9.17, 15) is 4.79 Å². The molecule has 1 saturated heterocycles. The maximum atomic E-state index is 11.6. The SMILES string of the molecule is Cl.Cl.NCCOC(=O)c1cnc(N2CCNCC2)c(Cl)c1. The Morgan fingerprint density at radius 2 is 2.10 bits per heavy atom. The summed E-state index contributed by atoms with van der Waals surface area (Å²) in [5.41, 5.74) is 5.62. The number of carbonyl (C=O) groups is 1. The molecule has 1 aliphatic heterocycles. The van der Waals surface area contributed by atoms with Crippen molar-refractivity contribution in [3.63, 3.8) is 0 Å². The highest BCUT2D eigenvalue weighted by atomic mass is 35.5. The van der Waals surface area contributed by atoms with Crippen molar-refractivity contribution in [2.24, 2.45) is 5.73 Å². The van der Waals surface area contributed by atoms with Gasteiger partial charge in [0.2, 0.25) is 0 Å². The Kier molecular flexibility index (Phi) is 9.65. The van der Waals surface area contributed by atoms with Gasteiger partial charge in [0.15, 0.2) is 0 Å². The van der Waals surface area contributed by atoms with Crippen LogP contribution in [0.5, 0.6) is 0 Å². The van der Waals surface area contributed by atoms with Gasteiger partial charge >= 0.3 is 5.97 Å². The number of nitrogens with two attached hydrogens (primary N) is 1. The maximum Gasteiger partial charge on any atom is 0.339 e. The number of halogens is 3. The van der Waals surface area contributed by atoms with E-state index >= 15 is 0 Å². The average molecular weight is 358 g/mol. The number of aromatic nitrogens is 1. The Morgan fingerprint density at radius 3 is 2.67 bits per heavy atom. The average Bonchev–Trinajstić information content (AvgIpc) is 2.45. The molecule has 9 heteroatoms. The van der Waals surface area contributed by atoms with Gasteiger partial charge in [0.25, 0.3) is 0 Å². The van der Waals surface area contributed by atoms with Gasteiger partial charge in [-0.1, -0.05) is 11.6 Å². The Hall–Kier alpha value is -0.790. The van der Waals surface area contributed by atoms with E-state index in [1.54, 1.807) is 6.07 Å². The Morgan fingerprint density at radius 1 is 1.43 bits per heavy atom. The van der Waals surface area contributed by atoms with E-state index in [1.807, 2.05) is 0 Å². The molecule has 1 aliphatic rings. The minimum Gasteiger partial charge on any atom is -0.461 e. The molecule has 1 fully saturated rings. The smallest absolute Gasteiger partial charge is 0.339 e. The lowest BCUT2D eigenvalue weighted by Crippen LogP contribution is -2.44. The van der Waals surface area contributed by atoms with Crippen LogP contribution in [0.2, 0.25) is 5.02 Å². The number of carbonyl (C=O) groups excluding carboxylic acids is 1. The van der Waals surface area contributed by atoms with Crippen molar-refractivity contribution in [2.75, 3.05) is 44.2 Å². The summed E-state index contributed by atoms with van der Waals surface area (Å²) in [6.07, 6.45) is 1.49. The highest BCUT2D eigenvalue weighted by Crippen LogP contribution is 2.24. The standard InChI is InChI=1S/C12H17ClN4O2.2ClH/c13-10-7-9(12(18)19-6-1-14)8-16-11(10)17-4-2-15-3-5-17;;/h7-8,15H,1-6,14H2;2*1H. The summed E-state index contributed by atoms with van der Waals surface area (Å²) in [4.78, 5) is 18.0. The van der Waals surface area contributed by atoms with Crippen LogP contribution >= 0.6 is 36.4 Å². The number of hydrogen-bond donors (Lipinski definition) is 2. The first-order chi connectivity index (χ1) is 9.22. The number of nitrogens with one attached hydrogen (secondary N) is 1. The van der Waals surface area contributed by atoms with Crippen molar-refractivity contribution < 1.29 is 9.53 Å². The summed E-state index contributed by atoms with van der Waals surface area (Å²) in [6.45, 7) is 3.99. The molecule has 0 amide bonds. The summed E-state index contributed by atoms with van der Waals surface area (Å²) in [6, 6.07) is 1.59. The van der Waals surface area contributed by atoms with E-state index in [0.717, 1.165) is 26.2 Å². The number of nitrogens with zero attached hydrogens (tertiary/aromatic N) is 2. The van der Waals surface area contributed by atoms with Gasteiger partial charge < -0.3 is 20.7 Å². The van der Waals surface area contributed by atoms with Crippen LogP contribution in [0.1, 0.15) is 10.4 Å². The molecule has 0 bridgehead atoms. The van der Waals surface area contributed by atoms with E-state index in [0.29, 0.717) is 22.9 Å². The second-order valence-electron chi connectivity index (χ2n) is 4.19. The van der Waals surface area contributed by atoms with Gasteiger partial charge in [-0.05, 0) is 6.07 Å². The quantitative estimate of drug-likeness (QED) is 0.786. The molecule has 0 saturated carbocycles. The molecule has 0 radical (unpaired) electrons. The minimum atomic E-state index is -0.452. The molecular weight excluding hydrogens is 339 g/mol. The monoisotopic (exact) mass is 356 g/mol. The summed E-state index contributed by atoms with van der Waals surface area (Å²) >= 11 is 6.18. The predicted octanol–water partition coefficient (Wildman–Crippen LogP) is 1.10. The third-order valence-corrected chi connectivity index (χ3v) is 3.10. The van der Waals surface area contributed by atoms with Crippen LogP contribution in [0.3, 0.4) is 0 Å². The normalized spacial score (nSPS) is 13.9. The van der Waals surface area contributed by atoms with Crippen molar-refractivity contribution >= 4 is 48.2 Å². The molecule has 2 heterocycles. The molecular formula is C12H19Cl3N4O2. The first kappa shape index (κ1) is 20.2. The number of hydrogen-bond acceptors (Lipinski definition) is 6. The van der Waals surface area contributed by atoms with Crippen LogP contribution in [0, 0.1) is 0 Å². The predicted molar refractivity (Wildman–Crippen MR) is 88.2 cm³/mol. The van der Waals surface area contributed by atoms with Gasteiger partial charge in [-0.3, -0.25) is 0 Å². The number of piperazine rings is 1. The third kappa shape index (κ3) is 5.48. The zero-order chi connectivity index (χ0) is 13.7. The van der Waals surface area contributed by atoms with Crippen LogP contribution in [-0.2, 0) is 4.74 Å². The Bertz CT molecular complexity index is 456. The van der Waals surface area contributed by atoms with Gasteiger partial charge in [-0.25, -0.2) is 9.78 Å². The van der Waals surface area contributed by atoms with Crippen LogP contribution in [-0.4, -0.2) is 50.3 Å². The van der Waals surface area contributed by atoms with Gasteiger partial charge in [0.1, 0.15) is 12.4 Å². The largest absolute Gasteiger partial charge is 0.461 e. The van der Waals surface area contributed by atoms with E-state index < -0.39 is 5.97 Å². The van der Waals surface area contributed by atoms with E-state index in [2.05, 4.69) is 15.2 Å². The number of esters is 1. The molecule has 120 valence electrons. The van der Waals surface area contributed by atoms with Crippen LogP contribution < -0.4 is 16.0 Å². The van der Waals surface area contributed by atoms with Crippen molar-refractivity contribution in [3.8, 4) is 0 Å². The highest BCUT2D eigenvalue weighted by Gasteiger charge is 2.17. The fourth-order valence-electron chi connectivity index (χ4n) is 1.89. The molecule has 1 aromatic heterocycles. The lowest BCUT2D eigenvalue weighted by Gasteiger charge is -2.29. The molecule has 0 aromatic carbocycles. The van der Waals surface area contributed by atoms with Gasteiger partial charge in [-0.2, -0.15) is 0 Å². The van der Waals surface area contributed by atoms with Gasteiger partial charge in [0, 0.05) is 38.9 Å². The van der Waals surface area contributed by atoms with E-state index in [1.165, 1.54) is 6.20 Å². The fraction of sp³-hybridized carbons (Fsp3) is 0.500. The summed E-state index contributed by atoms with van der Waals surface area (Å²) in [5, 5.41) is 3.72. The van der Waals surface area contributed by atoms with Crippen molar-refractivity contribution in [1.82, 2.24) is 10.3 Å². The van der Waals surface area contributed by atoms with Crippen LogP contribution in [0.4, 0.5) is 5.82 Å². The Balaban J connectivity index is 0.00000200. The molecule has 0 atom stereocenters. The molecule has 21 heavy (non-hydrogen) atoms. The maximum absolute atomic E-state index is 11.6. The zero-order valence-corrected chi connectivity index (χ0v) is 13.8. The number of rotatable bonds is 4. The number of ether oxygens (including phenoxy) is 1. The molecule has 0 aliphatic carbocycles. The van der Waals surface area contributed by atoms with Crippen LogP contribution in [0.15, 0.2) is 12.3 Å². The lowest BCUT2D eigenvalue weighted by molar-refractivity contribution is 0.0516. The summed E-state index contributed by atoms with van der Waals surface area (Å²) in [7, 11) is 0. The van der Waals surface area contributed by atoms with E-state index in [4.69, 9.17) is 22.1 Å². The molecule has 2 rings (SSSR count). The molecule has 0 spiro atoms. The second-order valence-corrected chi connectivity index (χ2v) is 4.60. The molecule has 1 aromatic rings. The highest BCUT2D eigenvalue weighted by molar-refractivity contribution is 6.33. The van der Waals surface area contributed by atoms with Gasteiger partial charge in [-0.15, -0.1) is 24.8 Å². The first-order valence-corrected chi connectivity index (χ1v) is 6.58. The van der Waals surface area contributed by atoms with Crippen molar-refractivity contribution in [1.29, 1.82) is 0 Å². The van der Waals surface area contributed by atoms with Gasteiger partial charge in [0.05, 0.1) is 10.6 Å². The fourth-order valence-corrected chi connectivity index (χ4v) is 2.17. The van der Waals surface area contributed by atoms with E-state index in [-0.39, 0.29) is 31.4 Å². The van der Waals surface area contributed by atoms with Crippen molar-refractivity contribution in [3.05, 3.63) is 22.8 Å². The van der Waals surface area contributed by atoms with Crippen LogP contribution in [0.25, 0.3) is 0 Å². The number of anilines is 1. The third-order valence-electron chi connectivity index (χ3n) is 2.82. The molecule has 6 nitrogen and oxygen atoms in total. The first-order valence-electron chi connectivity index (χ1n) is 6.21. The molecule has 3 N–H and O–H groups in total. The topological polar surface area (TPSA) is 80.5 Å². The minimum absolute atomic E-state index is 0.